The molecular weight excluding hydrogens is 214 g/mol. The number of hydrogen-bond donors (Lipinski definition) is 1. The van der Waals surface area contributed by atoms with Gasteiger partial charge in [0.25, 0.3) is 0 Å². The van der Waals surface area contributed by atoms with E-state index in [1.165, 1.54) is 24.1 Å². The van der Waals surface area contributed by atoms with Crippen LogP contribution in [0.25, 0.3) is 0 Å². The number of nitrogens with one attached hydrogen (secondary N) is 1. The van der Waals surface area contributed by atoms with Crippen LogP contribution in [-0.4, -0.2) is 6.54 Å². The van der Waals surface area contributed by atoms with Gasteiger partial charge in [-0.2, -0.15) is 0 Å². The van der Waals surface area contributed by atoms with E-state index in [2.05, 4.69) is 17.6 Å². The molecule has 0 aliphatic carbocycles. The molecule has 1 aliphatic rings. The summed E-state index contributed by atoms with van der Waals surface area (Å²) >= 11 is 7.91. The fourth-order valence-corrected chi connectivity index (χ4v) is 3.40. The number of thiophene rings is 1. The molecule has 0 amide bonds. The van der Waals surface area contributed by atoms with Crippen molar-refractivity contribution in [3.63, 3.8) is 0 Å². The molecule has 2 atom stereocenters. The minimum atomic E-state index is 0.501. The molecule has 2 heterocycles. The highest BCUT2D eigenvalue weighted by Crippen LogP contribution is 2.35. The maximum atomic E-state index is 6.13. The highest BCUT2D eigenvalue weighted by molar-refractivity contribution is 7.10. The second-order valence-corrected chi connectivity index (χ2v) is 5.29. The standard InChI is InChI=1S/C11H16ClNS/c1-2-8-3-5-13-10(7-8)11-9(12)4-6-14-11/h4,6,8,10,13H,2-3,5,7H2,1H3. The molecule has 0 bridgehead atoms. The summed E-state index contributed by atoms with van der Waals surface area (Å²) in [4.78, 5) is 1.32. The second kappa shape index (κ2) is 4.65. The molecule has 0 radical (unpaired) electrons. The number of halogens is 1. The van der Waals surface area contributed by atoms with E-state index in [0.29, 0.717) is 6.04 Å². The molecule has 14 heavy (non-hydrogen) atoms. The molecule has 1 saturated heterocycles. The average molecular weight is 230 g/mol. The van der Waals surface area contributed by atoms with E-state index in [-0.39, 0.29) is 0 Å². The maximum Gasteiger partial charge on any atom is 0.0561 e. The Bertz CT molecular complexity index is 297. The van der Waals surface area contributed by atoms with E-state index in [1.807, 2.05) is 6.07 Å². The molecule has 2 rings (SSSR count). The van der Waals surface area contributed by atoms with E-state index in [9.17, 15) is 0 Å². The normalized spacial score (nSPS) is 27.9. The van der Waals surface area contributed by atoms with E-state index in [4.69, 9.17) is 11.6 Å². The SMILES string of the molecule is CCC1CCNC(c2sccc2Cl)C1. The summed E-state index contributed by atoms with van der Waals surface area (Å²) in [6.45, 7) is 3.42. The van der Waals surface area contributed by atoms with E-state index < -0.39 is 0 Å². The number of piperidine rings is 1. The van der Waals surface area contributed by atoms with Crippen LogP contribution in [0, 0.1) is 5.92 Å². The molecule has 3 heteroatoms. The van der Waals surface area contributed by atoms with Crippen molar-refractivity contribution in [3.05, 3.63) is 21.3 Å². The summed E-state index contributed by atoms with van der Waals surface area (Å²) in [5.41, 5.74) is 0. The molecular formula is C11H16ClNS. The fourth-order valence-electron chi connectivity index (χ4n) is 2.12. The number of hydrogen-bond acceptors (Lipinski definition) is 2. The van der Waals surface area contributed by atoms with Crippen LogP contribution in [0.5, 0.6) is 0 Å². The Balaban J connectivity index is 2.08. The zero-order chi connectivity index (χ0) is 9.97. The van der Waals surface area contributed by atoms with Crippen molar-refractivity contribution in [1.82, 2.24) is 5.32 Å². The third-order valence-electron chi connectivity index (χ3n) is 3.05. The van der Waals surface area contributed by atoms with Crippen molar-refractivity contribution in [2.75, 3.05) is 6.54 Å². The highest BCUT2D eigenvalue weighted by atomic mass is 35.5. The molecule has 0 saturated carbocycles. The molecule has 0 aromatic carbocycles. The Hall–Kier alpha value is -0.0500. The first-order valence-corrected chi connectivity index (χ1v) is 6.53. The minimum absolute atomic E-state index is 0.501. The molecule has 1 aromatic heterocycles. The Morgan fingerprint density at radius 2 is 2.50 bits per heavy atom. The summed E-state index contributed by atoms with van der Waals surface area (Å²) in [6.07, 6.45) is 3.86. The van der Waals surface area contributed by atoms with Gasteiger partial charge < -0.3 is 5.32 Å². The Morgan fingerprint density at radius 3 is 3.14 bits per heavy atom. The van der Waals surface area contributed by atoms with Gasteiger partial charge in [0.15, 0.2) is 0 Å². The topological polar surface area (TPSA) is 12.0 Å². The lowest BCUT2D eigenvalue weighted by atomic mass is 9.90. The summed E-state index contributed by atoms with van der Waals surface area (Å²) in [5.74, 6) is 0.874. The van der Waals surface area contributed by atoms with Crippen LogP contribution >= 0.6 is 22.9 Å². The number of rotatable bonds is 2. The average Bonchev–Trinajstić information content (AvgIpc) is 2.65. The quantitative estimate of drug-likeness (QED) is 0.812. The Labute approximate surface area is 94.5 Å². The molecule has 1 aromatic rings. The zero-order valence-corrected chi connectivity index (χ0v) is 10.00. The van der Waals surface area contributed by atoms with Crippen LogP contribution in [0.2, 0.25) is 5.02 Å². The second-order valence-electron chi connectivity index (χ2n) is 3.94. The summed E-state index contributed by atoms with van der Waals surface area (Å²) in [5, 5.41) is 6.57. The Morgan fingerprint density at radius 1 is 1.64 bits per heavy atom. The molecule has 1 fully saturated rings. The van der Waals surface area contributed by atoms with Crippen molar-refractivity contribution in [1.29, 1.82) is 0 Å². The molecule has 1 aliphatic heterocycles. The van der Waals surface area contributed by atoms with Crippen molar-refractivity contribution in [3.8, 4) is 0 Å². The largest absolute Gasteiger partial charge is 0.309 e. The van der Waals surface area contributed by atoms with Crippen LogP contribution < -0.4 is 5.32 Å². The lowest BCUT2D eigenvalue weighted by Gasteiger charge is -2.29. The van der Waals surface area contributed by atoms with Gasteiger partial charge in [0.05, 0.1) is 5.02 Å². The van der Waals surface area contributed by atoms with Crippen molar-refractivity contribution in [2.24, 2.45) is 5.92 Å². The third kappa shape index (κ3) is 2.13. The monoisotopic (exact) mass is 229 g/mol. The van der Waals surface area contributed by atoms with Gasteiger partial charge in [-0.1, -0.05) is 24.9 Å². The third-order valence-corrected chi connectivity index (χ3v) is 4.52. The first kappa shape index (κ1) is 10.5. The van der Waals surface area contributed by atoms with Crippen molar-refractivity contribution >= 4 is 22.9 Å². The Kier molecular flexibility index (Phi) is 3.47. The maximum absolute atomic E-state index is 6.13. The molecule has 0 spiro atoms. The summed E-state index contributed by atoms with van der Waals surface area (Å²) < 4.78 is 0. The van der Waals surface area contributed by atoms with Gasteiger partial charge in [0.2, 0.25) is 0 Å². The van der Waals surface area contributed by atoms with Gasteiger partial charge in [-0.25, -0.2) is 0 Å². The van der Waals surface area contributed by atoms with Gasteiger partial charge in [0.1, 0.15) is 0 Å². The smallest absolute Gasteiger partial charge is 0.0561 e. The molecule has 1 N–H and O–H groups in total. The zero-order valence-electron chi connectivity index (χ0n) is 8.42. The summed E-state index contributed by atoms with van der Waals surface area (Å²) in [6, 6.07) is 2.50. The first-order chi connectivity index (χ1) is 6.81. The van der Waals surface area contributed by atoms with Crippen LogP contribution in [0.3, 0.4) is 0 Å². The van der Waals surface area contributed by atoms with Crippen LogP contribution in [-0.2, 0) is 0 Å². The fraction of sp³-hybridized carbons (Fsp3) is 0.636. The predicted molar refractivity (Wildman–Crippen MR) is 63.1 cm³/mol. The lowest BCUT2D eigenvalue weighted by molar-refractivity contribution is 0.302. The van der Waals surface area contributed by atoms with Crippen molar-refractivity contribution < 1.29 is 0 Å². The molecule has 2 unspecified atom stereocenters. The lowest BCUT2D eigenvalue weighted by Crippen LogP contribution is -2.31. The van der Waals surface area contributed by atoms with Crippen molar-refractivity contribution in [2.45, 2.75) is 32.2 Å². The van der Waals surface area contributed by atoms with Crippen LogP contribution in [0.4, 0.5) is 0 Å². The van der Waals surface area contributed by atoms with E-state index >= 15 is 0 Å². The molecule has 78 valence electrons. The van der Waals surface area contributed by atoms with Gasteiger partial charge in [-0.15, -0.1) is 11.3 Å². The van der Waals surface area contributed by atoms with Gasteiger partial charge >= 0.3 is 0 Å². The van der Waals surface area contributed by atoms with E-state index in [0.717, 1.165) is 17.5 Å². The minimum Gasteiger partial charge on any atom is -0.309 e. The van der Waals surface area contributed by atoms with Gasteiger partial charge in [0, 0.05) is 10.9 Å². The van der Waals surface area contributed by atoms with Crippen LogP contribution in [0.1, 0.15) is 37.1 Å². The first-order valence-electron chi connectivity index (χ1n) is 5.27. The van der Waals surface area contributed by atoms with Gasteiger partial charge in [-0.05, 0) is 36.8 Å². The predicted octanol–water partition coefficient (Wildman–Crippen LogP) is 3.85. The van der Waals surface area contributed by atoms with Crippen LogP contribution in [0.15, 0.2) is 11.4 Å². The highest BCUT2D eigenvalue weighted by Gasteiger charge is 2.23. The molecule has 1 nitrogen and oxygen atoms in total. The van der Waals surface area contributed by atoms with E-state index in [1.54, 1.807) is 11.3 Å². The van der Waals surface area contributed by atoms with Gasteiger partial charge in [-0.3, -0.25) is 0 Å². The summed E-state index contributed by atoms with van der Waals surface area (Å²) in [7, 11) is 0.